The van der Waals surface area contributed by atoms with Crippen molar-refractivity contribution < 1.29 is 9.59 Å². The van der Waals surface area contributed by atoms with Crippen molar-refractivity contribution in [3.05, 3.63) is 210 Å². The second kappa shape index (κ2) is 24.2. The van der Waals surface area contributed by atoms with Crippen LogP contribution in [0.2, 0.25) is 0 Å². The minimum Gasteiger partial charge on any atom is -0.330 e. The molecule has 2 amide bonds. The van der Waals surface area contributed by atoms with Crippen molar-refractivity contribution in [1.82, 2.24) is 19.8 Å². The van der Waals surface area contributed by atoms with Gasteiger partial charge in [-0.3, -0.25) is 19.6 Å². The van der Waals surface area contributed by atoms with Gasteiger partial charge in [0.2, 0.25) is 0 Å². The van der Waals surface area contributed by atoms with Crippen LogP contribution in [0.25, 0.3) is 32.2 Å². The van der Waals surface area contributed by atoms with Crippen LogP contribution in [0.4, 0.5) is 9.59 Å². The average Bonchev–Trinajstić information content (AvgIpc) is 3.94. The van der Waals surface area contributed by atoms with E-state index in [0.717, 1.165) is 55.2 Å². The molecule has 0 aliphatic carbocycles. The molecular weight excluding hydrogens is 960 g/mol. The lowest BCUT2D eigenvalue weighted by molar-refractivity contribution is 0.135. The van der Waals surface area contributed by atoms with Gasteiger partial charge in [-0.1, -0.05) is 155 Å². The number of hydrogen-bond acceptors (Lipinski definition) is 8. The summed E-state index contributed by atoms with van der Waals surface area (Å²) in [5.41, 5.74) is 21.4. The molecule has 0 saturated carbocycles. The number of hydrogen-bond donors (Lipinski definition) is 1. The van der Waals surface area contributed by atoms with Crippen LogP contribution < -0.4 is 21.6 Å². The van der Waals surface area contributed by atoms with E-state index in [1.54, 1.807) is 0 Å². The Morgan fingerprint density at radius 1 is 0.671 bits per heavy atom. The molecule has 0 spiro atoms. The Bertz CT molecular complexity index is 3010. The highest BCUT2D eigenvalue weighted by Gasteiger charge is 2.47. The molecule has 11 rings (SSSR count). The van der Waals surface area contributed by atoms with E-state index in [9.17, 15) is 9.59 Å². The van der Waals surface area contributed by atoms with Gasteiger partial charge in [-0.05, 0) is 147 Å². The SMILES string of the molecule is C=C[C@@H](CN)[C@H]1CCN2C(=O)S[C@@H](c3ccnc4ccc(C)cc34)[C@@H]2C1.C=C[C@@H](CN=[N+]=[N-])[C@H]1CCN2C(=O)S[C@@H](c3ccnc4ccc(C)cc34)[C@@H]2C1.c1ccc(P(c2ccccc2)c2ccccc2)cc1. The largest absolute Gasteiger partial charge is 0.330 e. The molecule has 2 aromatic heterocycles. The molecule has 7 aromatic rings. The van der Waals surface area contributed by atoms with Gasteiger partial charge >= 0.3 is 0 Å². The number of aromatic nitrogens is 2. The fourth-order valence-electron chi connectivity index (χ4n) is 11.2. The summed E-state index contributed by atoms with van der Waals surface area (Å²) >= 11 is 2.91. The zero-order valence-electron chi connectivity index (χ0n) is 41.6. The molecule has 0 unspecified atom stereocenters. The quantitative estimate of drug-likeness (QED) is 0.0422. The second-order valence-electron chi connectivity index (χ2n) is 19.3. The van der Waals surface area contributed by atoms with Crippen LogP contribution in [0.3, 0.4) is 0 Å². The van der Waals surface area contributed by atoms with Crippen LogP contribution in [0, 0.1) is 37.5 Å². The number of carbonyl (C=O) groups is 2. The summed E-state index contributed by atoms with van der Waals surface area (Å²) in [6.45, 7) is 14.7. The molecule has 0 bridgehead atoms. The normalized spacial score (nSPS) is 22.0. The summed E-state index contributed by atoms with van der Waals surface area (Å²) in [5, 5.41) is 10.9. The maximum absolute atomic E-state index is 12.7. The fourth-order valence-corrected chi connectivity index (χ4v) is 16.1. The number of nitrogens with two attached hydrogens (primary N) is 1. The van der Waals surface area contributed by atoms with Crippen LogP contribution in [0.15, 0.2) is 182 Å². The zero-order chi connectivity index (χ0) is 50.8. The van der Waals surface area contributed by atoms with Crippen molar-refractivity contribution in [3.63, 3.8) is 0 Å². The first-order valence-electron chi connectivity index (χ1n) is 25.3. The van der Waals surface area contributed by atoms with E-state index in [-0.39, 0.29) is 39.0 Å². The lowest BCUT2D eigenvalue weighted by Crippen LogP contribution is -2.44. The van der Waals surface area contributed by atoms with E-state index in [1.165, 1.54) is 67.1 Å². The summed E-state index contributed by atoms with van der Waals surface area (Å²) in [6, 6.07) is 49.5. The van der Waals surface area contributed by atoms with Gasteiger partial charge in [0, 0.05) is 59.8 Å². The second-order valence-corrected chi connectivity index (χ2v) is 23.7. The standard InChI is InChI=1S/C21H23N5OS.C21H25N3OS.C18H15P/c1-3-14(12-24-25-22)15-7-9-26-19(11-15)20(28-21(26)27)16-6-8-23-18-5-4-13(2)10-17(16)18;1-3-14(12-22)15-7-9-24-19(11-15)20(26-21(24)25)16-6-8-23-18-5-4-13(2)10-17(16)18;1-4-10-16(11-5-1)19(17-12-6-2-7-13-17)18-14-8-3-9-15-18/h3-6,8,10,14-15,19-20H,1,7,9,11-12H2,2H3;3-6,8,10,14-15,19-20H,1,7,9,11-12,22H2,2H3;1-15H/t2*14-,15-,19-,20-;/m00./s1. The number of aryl methyl sites for hydroxylation is 2. The molecule has 2 N–H and O–H groups in total. The van der Waals surface area contributed by atoms with Crippen LogP contribution in [0.5, 0.6) is 0 Å². The molecule has 4 fully saturated rings. The molecule has 4 aliphatic heterocycles. The van der Waals surface area contributed by atoms with Gasteiger partial charge in [-0.25, -0.2) is 0 Å². The highest BCUT2D eigenvalue weighted by molar-refractivity contribution is 8.14. The van der Waals surface area contributed by atoms with E-state index in [0.29, 0.717) is 30.8 Å². The first kappa shape index (κ1) is 51.6. The number of nitrogens with zero attached hydrogens (tertiary/aromatic N) is 7. The van der Waals surface area contributed by atoms with Crippen molar-refractivity contribution >= 4 is 79.6 Å². The number of fused-ring (bicyclic) bond motifs is 4. The third kappa shape index (κ3) is 11.6. The topological polar surface area (TPSA) is 141 Å². The highest BCUT2D eigenvalue weighted by Crippen LogP contribution is 2.52. The number of carbonyl (C=O) groups excluding carboxylic acids is 2. The summed E-state index contributed by atoms with van der Waals surface area (Å²) in [4.78, 5) is 41.4. The third-order valence-corrected chi connectivity index (χ3v) is 19.9. The molecule has 13 heteroatoms. The minimum atomic E-state index is -0.446. The third-order valence-electron chi connectivity index (χ3n) is 15.0. The van der Waals surface area contributed by atoms with Crippen molar-refractivity contribution in [2.24, 2.45) is 34.5 Å². The van der Waals surface area contributed by atoms with Gasteiger partial charge in [-0.15, -0.1) is 13.2 Å². The van der Waals surface area contributed by atoms with E-state index < -0.39 is 7.92 Å². The predicted molar refractivity (Wildman–Crippen MR) is 306 cm³/mol. The maximum Gasteiger partial charge on any atom is 0.282 e. The number of thioether (sulfide) groups is 2. The number of benzene rings is 5. The van der Waals surface area contributed by atoms with Gasteiger partial charge in [0.15, 0.2) is 0 Å². The van der Waals surface area contributed by atoms with Crippen molar-refractivity contribution in [3.8, 4) is 0 Å². The Balaban J connectivity index is 0.000000137. The van der Waals surface area contributed by atoms with Gasteiger partial charge in [-0.2, -0.15) is 0 Å². The first-order valence-corrected chi connectivity index (χ1v) is 28.4. The van der Waals surface area contributed by atoms with E-state index in [1.807, 2.05) is 35.5 Å². The monoisotopic (exact) mass is 1020 g/mol. The van der Waals surface area contributed by atoms with Gasteiger partial charge < -0.3 is 15.5 Å². The van der Waals surface area contributed by atoms with Crippen molar-refractivity contribution in [2.45, 2.75) is 62.1 Å². The number of rotatable bonds is 12. The van der Waals surface area contributed by atoms with Gasteiger partial charge in [0.25, 0.3) is 10.5 Å². The van der Waals surface area contributed by atoms with E-state index in [4.69, 9.17) is 11.3 Å². The maximum atomic E-state index is 12.7. The average molecular weight is 1020 g/mol. The number of pyridine rings is 2. The Morgan fingerprint density at radius 3 is 1.49 bits per heavy atom. The smallest absolute Gasteiger partial charge is 0.282 e. The number of amides is 2. The number of piperidine rings is 2. The molecule has 6 heterocycles. The zero-order valence-corrected chi connectivity index (χ0v) is 44.1. The Hall–Kier alpha value is -6.26. The minimum absolute atomic E-state index is 0.0903. The molecular formula is C60H63N8O2PS2. The van der Waals surface area contributed by atoms with E-state index in [2.05, 4.69) is 185 Å². The summed E-state index contributed by atoms with van der Waals surface area (Å²) in [6.07, 6.45) is 11.4. The highest BCUT2D eigenvalue weighted by atomic mass is 32.2. The first-order chi connectivity index (χ1) is 35.7. The molecule has 5 aromatic carbocycles. The summed E-state index contributed by atoms with van der Waals surface area (Å²) in [5.74, 6) is 1.35. The van der Waals surface area contributed by atoms with Crippen LogP contribution in [-0.2, 0) is 0 Å². The summed E-state index contributed by atoms with van der Waals surface area (Å²) in [7, 11) is -0.446. The number of azide groups is 1. The molecule has 372 valence electrons. The van der Waals surface area contributed by atoms with E-state index >= 15 is 0 Å². The predicted octanol–water partition coefficient (Wildman–Crippen LogP) is 13.4. The van der Waals surface area contributed by atoms with Crippen LogP contribution in [0.1, 0.15) is 58.4 Å². The fraction of sp³-hybridized carbons (Fsp3) is 0.300. The lowest BCUT2D eigenvalue weighted by Gasteiger charge is -2.39. The molecule has 4 saturated heterocycles. The van der Waals surface area contributed by atoms with Crippen molar-refractivity contribution in [1.29, 1.82) is 0 Å². The van der Waals surface area contributed by atoms with Crippen LogP contribution >= 0.6 is 31.4 Å². The Kier molecular flexibility index (Phi) is 17.1. The summed E-state index contributed by atoms with van der Waals surface area (Å²) < 4.78 is 0. The lowest BCUT2D eigenvalue weighted by atomic mass is 9.79. The molecule has 8 atom stereocenters. The molecule has 73 heavy (non-hydrogen) atoms. The van der Waals surface area contributed by atoms with Gasteiger partial charge in [0.1, 0.15) is 0 Å². The Labute approximate surface area is 439 Å². The molecule has 4 aliphatic rings. The van der Waals surface area contributed by atoms with Gasteiger partial charge in [0.05, 0.1) is 21.5 Å². The van der Waals surface area contributed by atoms with Crippen molar-refractivity contribution in [2.75, 3.05) is 26.2 Å². The molecule has 10 nitrogen and oxygen atoms in total. The molecule has 0 radical (unpaired) electrons. The van der Waals surface area contributed by atoms with Crippen LogP contribution in [-0.4, -0.2) is 68.5 Å². The Morgan fingerprint density at radius 2 is 1.10 bits per heavy atom.